The van der Waals surface area contributed by atoms with E-state index >= 15 is 8.78 Å². The third-order valence-electron chi connectivity index (χ3n) is 14.0. The molecule has 14 heteroatoms. The van der Waals surface area contributed by atoms with Crippen LogP contribution in [0.4, 0.5) is 23.2 Å². The number of aromatic amines is 1. The van der Waals surface area contributed by atoms with Crippen LogP contribution in [0.3, 0.4) is 0 Å². The molecule has 3 atom stereocenters. The van der Waals surface area contributed by atoms with E-state index in [9.17, 15) is 28.0 Å². The lowest BCUT2D eigenvalue weighted by Gasteiger charge is -2.55. The van der Waals surface area contributed by atoms with E-state index in [4.69, 9.17) is 0 Å². The van der Waals surface area contributed by atoms with Crippen molar-refractivity contribution < 1.29 is 36.7 Å². The number of aromatic nitrogens is 1. The van der Waals surface area contributed by atoms with E-state index in [1.807, 2.05) is 45.9 Å². The molecule has 1 spiro atoms. The maximum absolute atomic E-state index is 16.4. The highest BCUT2D eigenvalue weighted by Gasteiger charge is 2.50. The van der Waals surface area contributed by atoms with Crippen molar-refractivity contribution in [2.75, 3.05) is 44.2 Å². The predicted molar refractivity (Wildman–Crippen MR) is 216 cm³/mol. The summed E-state index contributed by atoms with van der Waals surface area (Å²) < 4.78 is 60.7. The van der Waals surface area contributed by atoms with Gasteiger partial charge in [-0.15, -0.1) is 0 Å². The zero-order chi connectivity index (χ0) is 41.8. The van der Waals surface area contributed by atoms with Gasteiger partial charge in [-0.1, -0.05) is 24.8 Å². The summed E-state index contributed by atoms with van der Waals surface area (Å²) in [6.45, 7) is 8.17. The number of alkyl halides is 2. The monoisotopic (exact) mass is 822 g/mol. The fourth-order valence-corrected chi connectivity index (χ4v) is 11.2. The molecule has 1 unspecified atom stereocenters. The molecular weight excluding hydrogens is 777 g/mol. The van der Waals surface area contributed by atoms with E-state index in [1.54, 1.807) is 12.1 Å². The van der Waals surface area contributed by atoms with Crippen molar-refractivity contribution in [3.8, 4) is 0 Å². The van der Waals surface area contributed by atoms with Crippen LogP contribution in [0.15, 0.2) is 60.8 Å². The molecule has 1 aliphatic carbocycles. The minimum Gasteiger partial charge on any atom is -0.371 e. The standard InChI is InChI=1S/C46H46F4N6O4/c1-24-8-9-30(45(60)51-24)39-43(58)32-13-26-17-53(18-27(26)14-33(32)44(39)59)20-38(57)55-22-46(23-55)10-5-11-54(21-46)28-15-34(47)40(35(48)16-28)42-41-31(12-25(2)56(42)19-37(49)50)29-6-3-4-7-36(29)52-41/h3-4,6-7,13-16,25,30,37,39,42,52H,1,5,8-12,17-23H2,2H3,(H,51,60)/t25-,30?,42-/m1/s1. The molecule has 4 aromatic rings. The summed E-state index contributed by atoms with van der Waals surface area (Å²) >= 11 is 0. The van der Waals surface area contributed by atoms with Crippen molar-refractivity contribution in [2.24, 2.45) is 17.3 Å². The molecule has 60 heavy (non-hydrogen) atoms. The number of anilines is 1. The Bertz CT molecular complexity index is 2440. The molecule has 0 saturated carbocycles. The van der Waals surface area contributed by atoms with Gasteiger partial charge in [0.15, 0.2) is 11.6 Å². The highest BCUT2D eigenvalue weighted by Crippen LogP contribution is 2.46. The van der Waals surface area contributed by atoms with Gasteiger partial charge in [0.2, 0.25) is 11.8 Å². The Labute approximate surface area is 344 Å². The number of rotatable bonds is 7. The molecule has 3 fully saturated rings. The molecule has 6 heterocycles. The SMILES string of the molecule is C=C1CCC(C2C(=O)c3cc4c(cc3C2=O)CN(CC(=O)N2CC3(CCCN(c5cc(F)c([C@@H]6c7[nH]c8ccccc8c7C[C@@H](C)N6CC(F)F)c(F)c5)C3)C2)C4)C(=O)N1. The van der Waals surface area contributed by atoms with Crippen LogP contribution in [0.25, 0.3) is 10.9 Å². The number of hydrogen-bond acceptors (Lipinski definition) is 7. The smallest absolute Gasteiger partial charge is 0.251 e. The third-order valence-corrected chi connectivity index (χ3v) is 14.0. The molecule has 2 N–H and O–H groups in total. The summed E-state index contributed by atoms with van der Waals surface area (Å²) in [6, 6.07) is 12.3. The van der Waals surface area contributed by atoms with Gasteiger partial charge in [-0.3, -0.25) is 29.0 Å². The fourth-order valence-electron chi connectivity index (χ4n) is 11.2. The Hall–Kier alpha value is -5.34. The largest absolute Gasteiger partial charge is 0.371 e. The maximum Gasteiger partial charge on any atom is 0.251 e. The average molecular weight is 823 g/mol. The van der Waals surface area contributed by atoms with Gasteiger partial charge in [0.05, 0.1) is 31.0 Å². The summed E-state index contributed by atoms with van der Waals surface area (Å²) in [5.74, 6) is -4.34. The second-order valence-electron chi connectivity index (χ2n) is 18.0. The minimum atomic E-state index is -2.69. The van der Waals surface area contributed by atoms with Crippen LogP contribution >= 0.6 is 0 Å². The van der Waals surface area contributed by atoms with E-state index in [1.165, 1.54) is 17.0 Å². The fraction of sp³-hybridized carbons (Fsp3) is 0.435. The molecule has 312 valence electrons. The van der Waals surface area contributed by atoms with Gasteiger partial charge in [0.25, 0.3) is 6.43 Å². The van der Waals surface area contributed by atoms with E-state index in [0.29, 0.717) is 86.7 Å². The Morgan fingerprint density at radius 1 is 0.967 bits per heavy atom. The van der Waals surface area contributed by atoms with Gasteiger partial charge in [-0.2, -0.15) is 0 Å². The molecule has 1 aromatic heterocycles. The lowest BCUT2D eigenvalue weighted by atomic mass is 9.73. The molecule has 2 amide bonds. The number of carbonyl (C=O) groups is 4. The van der Waals surface area contributed by atoms with Gasteiger partial charge in [-0.25, -0.2) is 17.6 Å². The van der Waals surface area contributed by atoms with E-state index in [2.05, 4.69) is 16.9 Å². The number of piperidine rings is 2. The molecule has 5 aliphatic heterocycles. The molecular formula is C46H46F4N6O4. The molecule has 6 aliphatic rings. The van der Waals surface area contributed by atoms with E-state index < -0.39 is 42.5 Å². The number of hydrogen-bond donors (Lipinski definition) is 2. The number of Topliss-reactive ketones (excluding diaryl/α,β-unsaturated/α-hetero) is 2. The predicted octanol–water partition coefficient (Wildman–Crippen LogP) is 6.53. The number of halogens is 4. The number of fused-ring (bicyclic) bond motifs is 5. The second-order valence-corrected chi connectivity index (χ2v) is 18.0. The van der Waals surface area contributed by atoms with Gasteiger partial charge < -0.3 is 20.1 Å². The highest BCUT2D eigenvalue weighted by atomic mass is 19.3. The van der Waals surface area contributed by atoms with Crippen molar-refractivity contribution in [3.05, 3.63) is 112 Å². The number of amides is 2. The topological polar surface area (TPSA) is 109 Å². The Morgan fingerprint density at radius 3 is 2.32 bits per heavy atom. The van der Waals surface area contributed by atoms with Gasteiger partial charge in [0.1, 0.15) is 11.6 Å². The number of ketones is 2. The van der Waals surface area contributed by atoms with Crippen LogP contribution in [0, 0.1) is 28.9 Å². The van der Waals surface area contributed by atoms with Crippen LogP contribution in [-0.2, 0) is 29.1 Å². The number of allylic oxidation sites excluding steroid dienone is 1. The Kier molecular flexibility index (Phi) is 9.32. The van der Waals surface area contributed by atoms with Crippen LogP contribution < -0.4 is 10.2 Å². The Morgan fingerprint density at radius 2 is 1.65 bits per heavy atom. The van der Waals surface area contributed by atoms with Crippen LogP contribution in [-0.4, -0.2) is 94.8 Å². The van der Waals surface area contributed by atoms with Crippen LogP contribution in [0.2, 0.25) is 0 Å². The van der Waals surface area contributed by atoms with Gasteiger partial charge in [-0.05, 0) is 86.1 Å². The van der Waals surface area contributed by atoms with Crippen molar-refractivity contribution in [2.45, 2.75) is 70.6 Å². The third kappa shape index (κ3) is 6.36. The van der Waals surface area contributed by atoms with E-state index in [0.717, 1.165) is 40.4 Å². The molecule has 3 saturated heterocycles. The number of para-hydroxylation sites is 1. The molecule has 3 aromatic carbocycles. The number of benzene rings is 3. The van der Waals surface area contributed by atoms with Crippen LogP contribution in [0.1, 0.15) is 87.3 Å². The number of nitrogens with zero attached hydrogens (tertiary/aromatic N) is 4. The lowest BCUT2D eigenvalue weighted by Crippen LogP contribution is -2.65. The van der Waals surface area contributed by atoms with Crippen LogP contribution in [0.5, 0.6) is 0 Å². The quantitative estimate of drug-likeness (QED) is 0.161. The first kappa shape index (κ1) is 38.8. The highest BCUT2D eigenvalue weighted by molar-refractivity contribution is 6.28. The minimum absolute atomic E-state index is 0.0388. The first-order chi connectivity index (χ1) is 28.8. The average Bonchev–Trinajstić information content (AvgIpc) is 3.84. The molecule has 0 bridgehead atoms. The molecule has 10 nitrogen and oxygen atoms in total. The Balaban J connectivity index is 0.802. The van der Waals surface area contributed by atoms with E-state index in [-0.39, 0.29) is 46.9 Å². The second kappa shape index (κ2) is 14.4. The summed E-state index contributed by atoms with van der Waals surface area (Å²) in [5, 5.41) is 3.61. The summed E-state index contributed by atoms with van der Waals surface area (Å²) in [6.07, 6.45) is 0.344. The summed E-state index contributed by atoms with van der Waals surface area (Å²) in [4.78, 5) is 63.8. The normalized spacial score (nSPS) is 24.3. The van der Waals surface area contributed by atoms with Crippen molar-refractivity contribution >= 4 is 40.0 Å². The van der Waals surface area contributed by atoms with Crippen molar-refractivity contribution in [1.82, 2.24) is 25.0 Å². The summed E-state index contributed by atoms with van der Waals surface area (Å²) in [7, 11) is 0. The molecule has 10 rings (SSSR count). The van der Waals surface area contributed by atoms with Gasteiger partial charge in [0, 0.05) is 95.4 Å². The first-order valence-corrected chi connectivity index (χ1v) is 20.9. The first-order valence-electron chi connectivity index (χ1n) is 20.9. The number of likely N-dealkylation sites (tertiary alicyclic amines) is 1. The summed E-state index contributed by atoms with van der Waals surface area (Å²) in [5.41, 5.74) is 5.17. The van der Waals surface area contributed by atoms with Crippen molar-refractivity contribution in [1.29, 1.82) is 0 Å². The zero-order valence-corrected chi connectivity index (χ0v) is 33.3. The number of carbonyl (C=O) groups excluding carboxylic acids is 4. The zero-order valence-electron chi connectivity index (χ0n) is 33.3. The number of nitrogens with one attached hydrogen (secondary N) is 2. The molecule has 0 radical (unpaired) electrons. The number of H-pyrrole nitrogens is 1. The van der Waals surface area contributed by atoms with Crippen molar-refractivity contribution in [3.63, 3.8) is 0 Å². The maximum atomic E-state index is 16.4. The van der Waals surface area contributed by atoms with Gasteiger partial charge >= 0.3 is 0 Å². The lowest BCUT2D eigenvalue weighted by molar-refractivity contribution is -0.145.